The van der Waals surface area contributed by atoms with E-state index in [-0.39, 0.29) is 5.56 Å². The van der Waals surface area contributed by atoms with Crippen molar-refractivity contribution in [2.24, 2.45) is 0 Å². The number of carboxylic acid groups (broad SMARTS) is 2. The number of fused-ring (bicyclic) bond motifs is 1. The lowest BCUT2D eigenvalue weighted by atomic mass is 10.1. The lowest BCUT2D eigenvalue weighted by Crippen LogP contribution is -2.42. The van der Waals surface area contributed by atoms with Gasteiger partial charge >= 0.3 is 11.9 Å². The number of benzene rings is 1. The van der Waals surface area contributed by atoms with Crippen LogP contribution in [0.25, 0.3) is 10.9 Å². The standard InChI is InChI=1S/C13H12N2O5/c16-11(17)6-10(13(19)20)15-12(18)8-1-2-9-7(5-8)3-4-14-9/h1-5,10,14H,6H2,(H,15,18)(H,16,17)(H,19,20)/t10-/m1/s1. The summed E-state index contributed by atoms with van der Waals surface area (Å²) in [5, 5.41) is 20.5. The normalized spacial score (nSPS) is 12.0. The number of carboxylic acids is 2. The van der Waals surface area contributed by atoms with Crippen LogP contribution in [-0.4, -0.2) is 39.1 Å². The van der Waals surface area contributed by atoms with Gasteiger partial charge in [-0.15, -0.1) is 0 Å². The summed E-state index contributed by atoms with van der Waals surface area (Å²) < 4.78 is 0. The monoisotopic (exact) mass is 276 g/mol. The number of hydrogen-bond donors (Lipinski definition) is 4. The van der Waals surface area contributed by atoms with Crippen LogP contribution in [0.5, 0.6) is 0 Å². The van der Waals surface area contributed by atoms with Crippen LogP contribution in [0, 0.1) is 0 Å². The molecule has 0 radical (unpaired) electrons. The molecule has 7 heteroatoms. The molecule has 0 aliphatic heterocycles. The quantitative estimate of drug-likeness (QED) is 0.644. The predicted octanol–water partition coefficient (Wildman–Crippen LogP) is 0.826. The van der Waals surface area contributed by atoms with E-state index in [0.717, 1.165) is 10.9 Å². The van der Waals surface area contributed by atoms with Crippen LogP contribution in [0.2, 0.25) is 0 Å². The first-order valence-electron chi connectivity index (χ1n) is 5.80. The number of aromatic nitrogens is 1. The number of carbonyl (C=O) groups is 3. The Morgan fingerprint density at radius 1 is 1.20 bits per heavy atom. The molecule has 0 aliphatic rings. The molecule has 0 aliphatic carbocycles. The van der Waals surface area contributed by atoms with Gasteiger partial charge in [-0.25, -0.2) is 4.79 Å². The van der Waals surface area contributed by atoms with E-state index in [2.05, 4.69) is 10.3 Å². The molecule has 2 aromatic rings. The van der Waals surface area contributed by atoms with Gasteiger partial charge in [-0.2, -0.15) is 0 Å². The van der Waals surface area contributed by atoms with Crippen LogP contribution in [0.3, 0.4) is 0 Å². The average Bonchev–Trinajstić information content (AvgIpc) is 2.84. The highest BCUT2D eigenvalue weighted by atomic mass is 16.4. The average molecular weight is 276 g/mol. The van der Waals surface area contributed by atoms with E-state index >= 15 is 0 Å². The van der Waals surface area contributed by atoms with Gasteiger partial charge in [0.05, 0.1) is 6.42 Å². The third-order valence-corrected chi connectivity index (χ3v) is 2.80. The third-order valence-electron chi connectivity index (χ3n) is 2.80. The Balaban J connectivity index is 2.17. The highest BCUT2D eigenvalue weighted by Gasteiger charge is 2.23. The van der Waals surface area contributed by atoms with Gasteiger partial charge in [0.25, 0.3) is 5.91 Å². The number of rotatable bonds is 5. The largest absolute Gasteiger partial charge is 0.481 e. The minimum atomic E-state index is -1.46. The molecule has 0 bridgehead atoms. The van der Waals surface area contributed by atoms with E-state index in [1.807, 2.05) is 0 Å². The Labute approximate surface area is 113 Å². The summed E-state index contributed by atoms with van der Waals surface area (Å²) in [6.45, 7) is 0. The molecule has 4 N–H and O–H groups in total. The van der Waals surface area contributed by atoms with Crippen molar-refractivity contribution in [3.63, 3.8) is 0 Å². The topological polar surface area (TPSA) is 119 Å². The van der Waals surface area contributed by atoms with E-state index < -0.39 is 30.3 Å². The number of H-pyrrole nitrogens is 1. The fraction of sp³-hybridized carbons (Fsp3) is 0.154. The molecule has 1 aromatic heterocycles. The van der Waals surface area contributed by atoms with Gasteiger partial charge in [0.1, 0.15) is 6.04 Å². The van der Waals surface area contributed by atoms with Crippen LogP contribution >= 0.6 is 0 Å². The van der Waals surface area contributed by atoms with E-state index in [9.17, 15) is 14.4 Å². The Morgan fingerprint density at radius 3 is 2.60 bits per heavy atom. The zero-order valence-electron chi connectivity index (χ0n) is 10.3. The number of aliphatic carboxylic acids is 2. The highest BCUT2D eigenvalue weighted by molar-refractivity contribution is 6.00. The second kappa shape index (κ2) is 5.43. The molecule has 0 unspecified atom stereocenters. The lowest BCUT2D eigenvalue weighted by Gasteiger charge is -2.12. The van der Waals surface area contributed by atoms with Gasteiger partial charge < -0.3 is 20.5 Å². The maximum Gasteiger partial charge on any atom is 0.326 e. The van der Waals surface area contributed by atoms with Crippen molar-refractivity contribution in [2.75, 3.05) is 0 Å². The molecule has 2 rings (SSSR count). The molecule has 20 heavy (non-hydrogen) atoms. The lowest BCUT2D eigenvalue weighted by molar-refractivity contribution is -0.145. The summed E-state index contributed by atoms with van der Waals surface area (Å²) in [7, 11) is 0. The number of hydrogen-bond acceptors (Lipinski definition) is 3. The third kappa shape index (κ3) is 2.94. The maximum absolute atomic E-state index is 11.9. The summed E-state index contributed by atoms with van der Waals surface area (Å²) in [5.74, 6) is -3.30. The fourth-order valence-electron chi connectivity index (χ4n) is 1.81. The Morgan fingerprint density at radius 2 is 1.95 bits per heavy atom. The summed E-state index contributed by atoms with van der Waals surface area (Å²) in [5.41, 5.74) is 1.12. The second-order valence-electron chi connectivity index (χ2n) is 4.24. The molecule has 0 fully saturated rings. The van der Waals surface area contributed by atoms with Crippen molar-refractivity contribution >= 4 is 28.7 Å². The molecule has 1 amide bonds. The summed E-state index contributed by atoms with van der Waals surface area (Å²) >= 11 is 0. The van der Waals surface area contributed by atoms with E-state index in [0.29, 0.717) is 0 Å². The molecule has 0 saturated heterocycles. The van der Waals surface area contributed by atoms with Crippen molar-refractivity contribution in [2.45, 2.75) is 12.5 Å². The molecule has 7 nitrogen and oxygen atoms in total. The second-order valence-corrected chi connectivity index (χ2v) is 4.24. The number of carbonyl (C=O) groups excluding carboxylic acids is 1. The summed E-state index contributed by atoms with van der Waals surface area (Å²) in [6.07, 6.45) is 1.05. The van der Waals surface area contributed by atoms with Gasteiger partial charge in [-0.05, 0) is 24.3 Å². The van der Waals surface area contributed by atoms with Crippen molar-refractivity contribution in [1.29, 1.82) is 0 Å². The SMILES string of the molecule is O=C(O)C[C@@H](NC(=O)c1ccc2[nH]ccc2c1)C(=O)O. The summed E-state index contributed by atoms with van der Waals surface area (Å²) in [6, 6.07) is 5.14. The molecular formula is C13H12N2O5. The van der Waals surface area contributed by atoms with Crippen LogP contribution in [0.1, 0.15) is 16.8 Å². The fourth-order valence-corrected chi connectivity index (χ4v) is 1.81. The zero-order chi connectivity index (χ0) is 14.7. The Kier molecular flexibility index (Phi) is 3.69. The molecule has 1 atom stereocenters. The van der Waals surface area contributed by atoms with Crippen molar-refractivity contribution in [3.05, 3.63) is 36.0 Å². The van der Waals surface area contributed by atoms with Gasteiger partial charge in [-0.3, -0.25) is 9.59 Å². The Bertz CT molecular complexity index is 676. The smallest absolute Gasteiger partial charge is 0.326 e. The highest BCUT2D eigenvalue weighted by Crippen LogP contribution is 2.14. The van der Waals surface area contributed by atoms with Crippen LogP contribution < -0.4 is 5.32 Å². The van der Waals surface area contributed by atoms with Gasteiger partial charge in [0.15, 0.2) is 0 Å². The van der Waals surface area contributed by atoms with Gasteiger partial charge in [0.2, 0.25) is 0 Å². The van der Waals surface area contributed by atoms with E-state index in [1.54, 1.807) is 24.4 Å². The van der Waals surface area contributed by atoms with Gasteiger partial charge in [-0.1, -0.05) is 0 Å². The molecule has 1 heterocycles. The number of aromatic amines is 1. The van der Waals surface area contributed by atoms with Crippen molar-refractivity contribution in [1.82, 2.24) is 10.3 Å². The predicted molar refractivity (Wildman–Crippen MR) is 69.4 cm³/mol. The summed E-state index contributed by atoms with van der Waals surface area (Å²) in [4.78, 5) is 36.3. The van der Waals surface area contributed by atoms with Crippen LogP contribution in [-0.2, 0) is 9.59 Å². The number of nitrogens with one attached hydrogen (secondary N) is 2. The first-order chi connectivity index (χ1) is 9.47. The molecule has 104 valence electrons. The molecule has 0 spiro atoms. The van der Waals surface area contributed by atoms with Gasteiger partial charge in [0, 0.05) is 22.7 Å². The Hall–Kier alpha value is -2.83. The van der Waals surface area contributed by atoms with Crippen molar-refractivity contribution in [3.8, 4) is 0 Å². The van der Waals surface area contributed by atoms with E-state index in [4.69, 9.17) is 10.2 Å². The zero-order valence-corrected chi connectivity index (χ0v) is 10.3. The minimum Gasteiger partial charge on any atom is -0.481 e. The molecular weight excluding hydrogens is 264 g/mol. The maximum atomic E-state index is 11.9. The molecule has 1 aromatic carbocycles. The van der Waals surface area contributed by atoms with Crippen LogP contribution in [0.15, 0.2) is 30.5 Å². The minimum absolute atomic E-state index is 0.272. The number of amides is 1. The van der Waals surface area contributed by atoms with Crippen molar-refractivity contribution < 1.29 is 24.6 Å². The first kappa shape index (κ1) is 13.6. The van der Waals surface area contributed by atoms with E-state index in [1.165, 1.54) is 6.07 Å². The molecule has 0 saturated carbocycles. The first-order valence-corrected chi connectivity index (χ1v) is 5.80. The van der Waals surface area contributed by atoms with Crippen LogP contribution in [0.4, 0.5) is 0 Å².